The number of hydrogen-bond acceptors (Lipinski definition) is 4. The van der Waals surface area contributed by atoms with Crippen molar-refractivity contribution >= 4 is 34.4 Å². The van der Waals surface area contributed by atoms with Gasteiger partial charge in [0.2, 0.25) is 5.91 Å². The third-order valence-corrected chi connectivity index (χ3v) is 3.79. The first kappa shape index (κ1) is 16.9. The zero-order valence-electron chi connectivity index (χ0n) is 13.4. The maximum absolute atomic E-state index is 12.0. The Morgan fingerprint density at radius 2 is 2.08 bits per heavy atom. The van der Waals surface area contributed by atoms with Gasteiger partial charge in [0.15, 0.2) is 0 Å². The van der Waals surface area contributed by atoms with Gasteiger partial charge in [0, 0.05) is 11.2 Å². The maximum atomic E-state index is 12.0. The Morgan fingerprint density at radius 3 is 2.84 bits per heavy atom. The molecule has 25 heavy (non-hydrogen) atoms. The number of rotatable bonds is 5. The Balaban J connectivity index is 1.55. The lowest BCUT2D eigenvalue weighted by molar-refractivity contribution is -0.120. The topological polar surface area (TPSA) is 99.8 Å². The minimum absolute atomic E-state index is 0.158. The number of imidazole rings is 1. The number of carbonyl (C=O) groups is 2. The molecule has 0 radical (unpaired) electrons. The molecule has 0 saturated carbocycles. The van der Waals surface area contributed by atoms with E-state index in [0.717, 1.165) is 11.0 Å². The fourth-order valence-corrected chi connectivity index (χ4v) is 2.48. The zero-order chi connectivity index (χ0) is 17.8. The van der Waals surface area contributed by atoms with Crippen molar-refractivity contribution in [1.29, 1.82) is 0 Å². The first-order chi connectivity index (χ1) is 12.0. The quantitative estimate of drug-likeness (QED) is 0.651. The number of halogens is 1. The van der Waals surface area contributed by atoms with Crippen LogP contribution in [0.1, 0.15) is 29.3 Å². The Morgan fingerprint density at radius 1 is 1.28 bits per heavy atom. The van der Waals surface area contributed by atoms with E-state index in [4.69, 9.17) is 11.6 Å². The second-order valence-corrected chi connectivity index (χ2v) is 5.91. The predicted molar refractivity (Wildman–Crippen MR) is 94.2 cm³/mol. The van der Waals surface area contributed by atoms with Crippen LogP contribution < -0.4 is 10.6 Å². The molecule has 128 valence electrons. The lowest BCUT2D eigenvalue weighted by Crippen LogP contribution is -2.38. The van der Waals surface area contributed by atoms with Gasteiger partial charge >= 0.3 is 0 Å². The number of H-pyrrole nitrogens is 1. The van der Waals surface area contributed by atoms with Crippen LogP contribution in [0.25, 0.3) is 11.0 Å². The minimum atomic E-state index is -0.464. The summed E-state index contributed by atoms with van der Waals surface area (Å²) in [6.07, 6.45) is 1.43. The molecule has 0 spiro atoms. The van der Waals surface area contributed by atoms with Crippen molar-refractivity contribution in [3.63, 3.8) is 0 Å². The van der Waals surface area contributed by atoms with Gasteiger partial charge in [0.1, 0.15) is 11.5 Å². The lowest BCUT2D eigenvalue weighted by atomic mass is 10.3. The molecule has 0 aliphatic rings. The monoisotopic (exact) mass is 357 g/mol. The number of nitrogens with one attached hydrogen (secondary N) is 3. The molecule has 3 N–H and O–H groups in total. The SMILES string of the molecule is CC(NC(=O)CNC(=O)c1cc(Cl)ccn1)c1nc2ccccc2[nH]1. The summed E-state index contributed by atoms with van der Waals surface area (Å²) < 4.78 is 0. The molecular weight excluding hydrogens is 342 g/mol. The summed E-state index contributed by atoms with van der Waals surface area (Å²) in [6, 6.07) is 10.3. The van der Waals surface area contributed by atoms with Gasteiger partial charge in [-0.2, -0.15) is 0 Å². The number of aromatic amines is 1. The molecule has 0 saturated heterocycles. The number of carbonyl (C=O) groups excluding carboxylic acids is 2. The van der Waals surface area contributed by atoms with Crippen molar-refractivity contribution in [2.75, 3.05) is 6.54 Å². The molecule has 3 rings (SSSR count). The van der Waals surface area contributed by atoms with Gasteiger partial charge in [0.25, 0.3) is 5.91 Å². The van der Waals surface area contributed by atoms with Crippen molar-refractivity contribution in [3.05, 3.63) is 59.1 Å². The van der Waals surface area contributed by atoms with Gasteiger partial charge in [-0.25, -0.2) is 4.98 Å². The second-order valence-electron chi connectivity index (χ2n) is 5.47. The number of amides is 2. The van der Waals surface area contributed by atoms with E-state index in [-0.39, 0.29) is 24.2 Å². The van der Waals surface area contributed by atoms with Crippen molar-refractivity contribution in [3.8, 4) is 0 Å². The summed E-state index contributed by atoms with van der Waals surface area (Å²) >= 11 is 5.81. The Labute approximate surface area is 148 Å². The van der Waals surface area contributed by atoms with Gasteiger partial charge in [-0.1, -0.05) is 23.7 Å². The number of aromatic nitrogens is 3. The van der Waals surface area contributed by atoms with Crippen LogP contribution in [0.3, 0.4) is 0 Å². The minimum Gasteiger partial charge on any atom is -0.345 e. The predicted octanol–water partition coefficient (Wildman–Crippen LogP) is 2.22. The van der Waals surface area contributed by atoms with Gasteiger partial charge in [-0.15, -0.1) is 0 Å². The molecule has 2 amide bonds. The standard InChI is InChI=1S/C17H16ClN5O2/c1-10(16-22-12-4-2-3-5-13(12)23-16)21-15(24)9-20-17(25)14-8-11(18)6-7-19-14/h2-8,10H,9H2,1H3,(H,20,25)(H,21,24)(H,22,23). The van der Waals surface area contributed by atoms with E-state index < -0.39 is 5.91 Å². The zero-order valence-corrected chi connectivity index (χ0v) is 14.2. The highest BCUT2D eigenvalue weighted by molar-refractivity contribution is 6.30. The average molecular weight is 358 g/mol. The molecule has 7 nitrogen and oxygen atoms in total. The van der Waals surface area contributed by atoms with E-state index in [0.29, 0.717) is 10.8 Å². The molecule has 1 aromatic carbocycles. The van der Waals surface area contributed by atoms with Crippen LogP contribution in [-0.4, -0.2) is 33.3 Å². The highest BCUT2D eigenvalue weighted by Gasteiger charge is 2.15. The van der Waals surface area contributed by atoms with Crippen LogP contribution >= 0.6 is 11.6 Å². The fraction of sp³-hybridized carbons (Fsp3) is 0.176. The summed E-state index contributed by atoms with van der Waals surface area (Å²) in [5, 5.41) is 5.69. The lowest BCUT2D eigenvalue weighted by Gasteiger charge is -2.12. The molecule has 0 aliphatic carbocycles. The number of fused-ring (bicyclic) bond motifs is 1. The first-order valence-electron chi connectivity index (χ1n) is 7.66. The van der Waals surface area contributed by atoms with Gasteiger partial charge in [-0.3, -0.25) is 14.6 Å². The van der Waals surface area contributed by atoms with E-state index in [1.807, 2.05) is 31.2 Å². The highest BCUT2D eigenvalue weighted by Crippen LogP contribution is 2.15. The molecule has 1 atom stereocenters. The van der Waals surface area contributed by atoms with E-state index in [9.17, 15) is 9.59 Å². The normalized spacial score (nSPS) is 11.9. The smallest absolute Gasteiger partial charge is 0.270 e. The Kier molecular flexibility index (Phi) is 4.95. The van der Waals surface area contributed by atoms with Crippen molar-refractivity contribution in [2.24, 2.45) is 0 Å². The Bertz CT molecular complexity index is 891. The summed E-state index contributed by atoms with van der Waals surface area (Å²) in [5.74, 6) is -0.144. The third kappa shape index (κ3) is 4.13. The number of pyridine rings is 1. The molecule has 0 bridgehead atoms. The van der Waals surface area contributed by atoms with E-state index in [1.54, 1.807) is 6.07 Å². The summed E-state index contributed by atoms with van der Waals surface area (Å²) in [6.45, 7) is 1.65. The second kappa shape index (κ2) is 7.31. The third-order valence-electron chi connectivity index (χ3n) is 3.56. The molecule has 3 aromatic rings. The Hall–Kier alpha value is -2.93. The fourth-order valence-electron chi connectivity index (χ4n) is 2.32. The van der Waals surface area contributed by atoms with Gasteiger partial charge in [0.05, 0.1) is 23.6 Å². The van der Waals surface area contributed by atoms with Crippen LogP contribution in [0.15, 0.2) is 42.6 Å². The van der Waals surface area contributed by atoms with Crippen molar-refractivity contribution in [2.45, 2.75) is 13.0 Å². The summed E-state index contributed by atoms with van der Waals surface area (Å²) in [7, 11) is 0. The molecule has 2 aromatic heterocycles. The molecule has 2 heterocycles. The van der Waals surface area contributed by atoms with E-state index >= 15 is 0 Å². The van der Waals surface area contributed by atoms with Crippen molar-refractivity contribution < 1.29 is 9.59 Å². The largest absolute Gasteiger partial charge is 0.345 e. The molecule has 0 aliphatic heterocycles. The van der Waals surface area contributed by atoms with Crippen LogP contribution in [0.4, 0.5) is 0 Å². The van der Waals surface area contributed by atoms with Gasteiger partial charge < -0.3 is 15.6 Å². The van der Waals surface area contributed by atoms with Crippen LogP contribution in [0.2, 0.25) is 5.02 Å². The van der Waals surface area contributed by atoms with E-state index in [2.05, 4.69) is 25.6 Å². The van der Waals surface area contributed by atoms with Crippen LogP contribution in [0.5, 0.6) is 0 Å². The first-order valence-corrected chi connectivity index (χ1v) is 8.04. The molecular formula is C17H16ClN5O2. The number of benzene rings is 1. The molecule has 0 fully saturated rings. The van der Waals surface area contributed by atoms with Crippen molar-refractivity contribution in [1.82, 2.24) is 25.6 Å². The number of hydrogen-bond donors (Lipinski definition) is 3. The van der Waals surface area contributed by atoms with E-state index in [1.165, 1.54) is 12.3 Å². The number of nitrogens with zero attached hydrogens (tertiary/aromatic N) is 2. The highest BCUT2D eigenvalue weighted by atomic mass is 35.5. The maximum Gasteiger partial charge on any atom is 0.270 e. The number of para-hydroxylation sites is 2. The van der Waals surface area contributed by atoms with Gasteiger partial charge in [-0.05, 0) is 31.2 Å². The molecule has 8 heteroatoms. The van der Waals surface area contributed by atoms with Crippen LogP contribution in [0, 0.1) is 0 Å². The summed E-state index contributed by atoms with van der Waals surface area (Å²) in [4.78, 5) is 35.5. The molecule has 1 unspecified atom stereocenters. The summed E-state index contributed by atoms with van der Waals surface area (Å²) in [5.41, 5.74) is 1.89. The average Bonchev–Trinajstić information content (AvgIpc) is 3.04. The van der Waals surface area contributed by atoms with Crippen LogP contribution in [-0.2, 0) is 4.79 Å².